The Hall–Kier alpha value is -0.630. The van der Waals surface area contributed by atoms with E-state index >= 15 is 0 Å². The fourth-order valence-corrected chi connectivity index (χ4v) is 1.57. The quantitative estimate of drug-likeness (QED) is 0.502. The van der Waals surface area contributed by atoms with Gasteiger partial charge in [-0.2, -0.15) is 0 Å². The highest BCUT2D eigenvalue weighted by molar-refractivity contribution is 5.30. The fourth-order valence-electron chi connectivity index (χ4n) is 1.57. The maximum Gasteiger partial charge on any atom is 0.105 e. The number of hydrogen-bond acceptors (Lipinski definition) is 1. The minimum absolute atomic E-state index is 0.0810. The molecule has 2 rings (SSSR count). The van der Waals surface area contributed by atoms with Crippen LogP contribution in [0.5, 0.6) is 0 Å². The molecule has 1 atom stereocenters. The van der Waals surface area contributed by atoms with E-state index in [1.807, 2.05) is 12.2 Å². The molecule has 1 N–H and O–H groups in total. The highest BCUT2D eigenvalue weighted by Crippen LogP contribution is 2.26. The predicted octanol–water partition coefficient (Wildman–Crippen LogP) is 1.53. The summed E-state index contributed by atoms with van der Waals surface area (Å²) in [6.45, 7) is 0.928. The molecule has 0 bridgehead atoms. The Kier molecular flexibility index (Phi) is 1.34. The third-order valence-corrected chi connectivity index (χ3v) is 2.11. The molecule has 1 saturated heterocycles. The third-order valence-electron chi connectivity index (χ3n) is 2.11. The first-order chi connectivity index (χ1) is 4.88. The SMILES string of the molecule is FC1=C2CCNC2C=CC1. The van der Waals surface area contributed by atoms with Gasteiger partial charge in [-0.15, -0.1) is 0 Å². The van der Waals surface area contributed by atoms with E-state index in [0.717, 1.165) is 18.5 Å². The first kappa shape index (κ1) is 6.10. The summed E-state index contributed by atoms with van der Waals surface area (Å²) >= 11 is 0. The van der Waals surface area contributed by atoms with E-state index in [4.69, 9.17) is 0 Å². The molecule has 1 aliphatic carbocycles. The van der Waals surface area contributed by atoms with Crippen molar-refractivity contribution in [1.82, 2.24) is 5.32 Å². The van der Waals surface area contributed by atoms with Gasteiger partial charge in [0.2, 0.25) is 0 Å². The molecule has 1 aliphatic heterocycles. The topological polar surface area (TPSA) is 12.0 Å². The molecule has 2 heteroatoms. The van der Waals surface area contributed by atoms with Crippen LogP contribution in [0, 0.1) is 0 Å². The van der Waals surface area contributed by atoms with Gasteiger partial charge in [0.15, 0.2) is 0 Å². The van der Waals surface area contributed by atoms with E-state index in [-0.39, 0.29) is 11.9 Å². The maximum atomic E-state index is 12.9. The zero-order chi connectivity index (χ0) is 6.97. The average molecular weight is 139 g/mol. The van der Waals surface area contributed by atoms with Crippen LogP contribution in [0.4, 0.5) is 4.39 Å². The molecule has 2 aliphatic rings. The summed E-state index contributed by atoms with van der Waals surface area (Å²) in [7, 11) is 0. The van der Waals surface area contributed by atoms with Crippen molar-refractivity contribution in [1.29, 1.82) is 0 Å². The van der Waals surface area contributed by atoms with Crippen molar-refractivity contribution in [3.05, 3.63) is 23.6 Å². The molecule has 54 valence electrons. The summed E-state index contributed by atoms with van der Waals surface area (Å²) in [6.07, 6.45) is 5.33. The van der Waals surface area contributed by atoms with Crippen LogP contribution < -0.4 is 5.32 Å². The van der Waals surface area contributed by atoms with Crippen molar-refractivity contribution < 1.29 is 4.39 Å². The molecule has 1 nitrogen and oxygen atoms in total. The van der Waals surface area contributed by atoms with E-state index < -0.39 is 0 Å². The Morgan fingerprint density at radius 2 is 2.50 bits per heavy atom. The summed E-state index contributed by atoms with van der Waals surface area (Å²) in [5.41, 5.74) is 0.975. The highest BCUT2D eigenvalue weighted by atomic mass is 19.1. The monoisotopic (exact) mass is 139 g/mol. The van der Waals surface area contributed by atoms with Crippen molar-refractivity contribution in [2.45, 2.75) is 18.9 Å². The molecule has 10 heavy (non-hydrogen) atoms. The number of nitrogens with one attached hydrogen (secondary N) is 1. The van der Waals surface area contributed by atoms with Crippen LogP contribution in [0.2, 0.25) is 0 Å². The van der Waals surface area contributed by atoms with Crippen molar-refractivity contribution in [3.8, 4) is 0 Å². The van der Waals surface area contributed by atoms with E-state index in [1.54, 1.807) is 0 Å². The van der Waals surface area contributed by atoms with Crippen LogP contribution in [0.1, 0.15) is 12.8 Å². The molecule has 1 heterocycles. The van der Waals surface area contributed by atoms with Crippen molar-refractivity contribution in [2.24, 2.45) is 0 Å². The number of rotatable bonds is 0. The van der Waals surface area contributed by atoms with Crippen molar-refractivity contribution in [2.75, 3.05) is 6.54 Å². The molecule has 0 aromatic carbocycles. The van der Waals surface area contributed by atoms with Gasteiger partial charge in [-0.3, -0.25) is 0 Å². The summed E-state index contributed by atoms with van der Waals surface area (Å²) in [5, 5.41) is 3.20. The number of fused-ring (bicyclic) bond motifs is 1. The lowest BCUT2D eigenvalue weighted by molar-refractivity contribution is 0.585. The van der Waals surface area contributed by atoms with Crippen molar-refractivity contribution >= 4 is 0 Å². The zero-order valence-electron chi connectivity index (χ0n) is 5.73. The Morgan fingerprint density at radius 3 is 3.30 bits per heavy atom. The summed E-state index contributed by atoms with van der Waals surface area (Å²) in [4.78, 5) is 0. The highest BCUT2D eigenvalue weighted by Gasteiger charge is 2.23. The molecule has 0 radical (unpaired) electrons. The Balaban J connectivity index is 2.30. The van der Waals surface area contributed by atoms with Gasteiger partial charge in [-0.05, 0) is 18.5 Å². The van der Waals surface area contributed by atoms with Crippen LogP contribution in [0.25, 0.3) is 0 Å². The summed E-state index contributed by atoms with van der Waals surface area (Å²) in [5.74, 6) is 0.0810. The zero-order valence-corrected chi connectivity index (χ0v) is 5.73. The van der Waals surface area contributed by atoms with Crippen LogP contribution in [0.3, 0.4) is 0 Å². The maximum absolute atomic E-state index is 12.9. The second kappa shape index (κ2) is 2.20. The molecule has 1 unspecified atom stereocenters. The third kappa shape index (κ3) is 0.797. The standard InChI is InChI=1S/C8H10FN/c9-7-2-1-3-8-6(7)4-5-10-8/h1,3,8,10H,2,4-5H2. The van der Waals surface area contributed by atoms with Crippen LogP contribution in [0.15, 0.2) is 23.6 Å². The summed E-state index contributed by atoms with van der Waals surface area (Å²) < 4.78 is 12.9. The molecule has 0 aromatic rings. The van der Waals surface area contributed by atoms with Gasteiger partial charge in [-0.25, -0.2) is 4.39 Å². The average Bonchev–Trinajstić information content (AvgIpc) is 2.36. The Morgan fingerprint density at radius 1 is 1.60 bits per heavy atom. The minimum Gasteiger partial charge on any atom is -0.307 e. The van der Waals surface area contributed by atoms with Crippen molar-refractivity contribution in [3.63, 3.8) is 0 Å². The van der Waals surface area contributed by atoms with Crippen LogP contribution >= 0.6 is 0 Å². The molecule has 0 aromatic heterocycles. The Bertz CT molecular complexity index is 205. The van der Waals surface area contributed by atoms with E-state index in [1.165, 1.54) is 0 Å². The van der Waals surface area contributed by atoms with Gasteiger partial charge in [0.05, 0.1) is 0 Å². The lowest BCUT2D eigenvalue weighted by Crippen LogP contribution is -2.21. The van der Waals surface area contributed by atoms with E-state index in [9.17, 15) is 4.39 Å². The largest absolute Gasteiger partial charge is 0.307 e. The van der Waals surface area contributed by atoms with Gasteiger partial charge in [0.25, 0.3) is 0 Å². The predicted molar refractivity (Wildman–Crippen MR) is 38.3 cm³/mol. The molecule has 1 fully saturated rings. The first-order valence-electron chi connectivity index (χ1n) is 3.65. The van der Waals surface area contributed by atoms with Crippen LogP contribution in [-0.4, -0.2) is 12.6 Å². The molecule has 0 spiro atoms. The first-order valence-corrected chi connectivity index (χ1v) is 3.65. The summed E-state index contributed by atoms with van der Waals surface area (Å²) in [6, 6.07) is 0.216. The Labute approximate surface area is 59.6 Å². The van der Waals surface area contributed by atoms with Gasteiger partial charge < -0.3 is 5.32 Å². The minimum atomic E-state index is 0.0810. The normalized spacial score (nSPS) is 31.1. The second-order valence-corrected chi connectivity index (χ2v) is 2.74. The van der Waals surface area contributed by atoms with Gasteiger partial charge >= 0.3 is 0 Å². The number of allylic oxidation sites excluding steroid dienone is 2. The molecular weight excluding hydrogens is 129 g/mol. The van der Waals surface area contributed by atoms with E-state index in [0.29, 0.717) is 6.42 Å². The smallest absolute Gasteiger partial charge is 0.105 e. The second-order valence-electron chi connectivity index (χ2n) is 2.74. The van der Waals surface area contributed by atoms with Gasteiger partial charge in [-0.1, -0.05) is 12.2 Å². The molecule has 0 saturated carbocycles. The van der Waals surface area contributed by atoms with Crippen LogP contribution in [-0.2, 0) is 0 Å². The van der Waals surface area contributed by atoms with E-state index in [2.05, 4.69) is 5.32 Å². The molecular formula is C8H10FN. The lowest BCUT2D eigenvalue weighted by atomic mass is 10.0. The van der Waals surface area contributed by atoms with Gasteiger partial charge in [0, 0.05) is 12.5 Å². The lowest BCUT2D eigenvalue weighted by Gasteiger charge is -2.12. The molecule has 0 amide bonds. The number of hydrogen-bond donors (Lipinski definition) is 1. The fraction of sp³-hybridized carbons (Fsp3) is 0.500. The number of halogens is 1. The van der Waals surface area contributed by atoms with Gasteiger partial charge in [0.1, 0.15) is 5.83 Å².